The largest absolute Gasteiger partial charge is 0.495 e. The number of hydrogen-bond donors (Lipinski definition) is 1. The van der Waals surface area contributed by atoms with E-state index in [2.05, 4.69) is 25.1 Å². The highest BCUT2D eigenvalue weighted by Crippen LogP contribution is 2.47. The molecule has 0 spiro atoms. The average Bonchev–Trinajstić information content (AvgIpc) is 3.36. The third-order valence-corrected chi connectivity index (χ3v) is 5.36. The van der Waals surface area contributed by atoms with E-state index in [1.165, 1.54) is 11.3 Å². The molecule has 2 atom stereocenters. The topological polar surface area (TPSA) is 109 Å². The Morgan fingerprint density at radius 2 is 2.14 bits per heavy atom. The molecule has 3 aromatic rings. The fourth-order valence-corrected chi connectivity index (χ4v) is 3.68. The van der Waals surface area contributed by atoms with Crippen molar-refractivity contribution in [3.63, 3.8) is 0 Å². The van der Waals surface area contributed by atoms with Gasteiger partial charge in [0.15, 0.2) is 0 Å². The van der Waals surface area contributed by atoms with Gasteiger partial charge in [0.05, 0.1) is 25.6 Å². The minimum Gasteiger partial charge on any atom is -0.495 e. The number of rotatable bonds is 7. The monoisotopic (exact) mass is 402 g/mol. The Kier molecular flexibility index (Phi) is 5.03. The summed E-state index contributed by atoms with van der Waals surface area (Å²) >= 11 is 1.38. The molecule has 0 bridgehead atoms. The molecule has 1 fully saturated rings. The molecule has 146 valence electrons. The molecule has 10 heteroatoms. The van der Waals surface area contributed by atoms with E-state index in [9.17, 15) is 4.39 Å². The summed E-state index contributed by atoms with van der Waals surface area (Å²) in [6.07, 6.45) is 2.82. The van der Waals surface area contributed by atoms with Gasteiger partial charge in [-0.3, -0.25) is 4.98 Å². The second-order valence-corrected chi connectivity index (χ2v) is 7.84. The maximum atomic E-state index is 14.7. The summed E-state index contributed by atoms with van der Waals surface area (Å²) in [5.41, 5.74) is 6.86. The smallest absolute Gasteiger partial charge is 0.255 e. The van der Waals surface area contributed by atoms with Crippen LogP contribution >= 0.6 is 11.3 Å². The Bertz CT molecular complexity index is 981. The summed E-state index contributed by atoms with van der Waals surface area (Å²) in [6.45, 7) is 2.17. The van der Waals surface area contributed by atoms with Crippen LogP contribution in [0.3, 0.4) is 0 Å². The lowest BCUT2D eigenvalue weighted by atomic mass is 10.2. The highest BCUT2D eigenvalue weighted by molar-refractivity contribution is 7.11. The van der Waals surface area contributed by atoms with Crippen LogP contribution in [-0.2, 0) is 6.42 Å². The number of nitrogens with two attached hydrogens (primary N) is 1. The van der Waals surface area contributed by atoms with Gasteiger partial charge in [-0.15, -0.1) is 21.5 Å². The molecular formula is C18H19FN6O2S. The van der Waals surface area contributed by atoms with Crippen molar-refractivity contribution in [3.8, 4) is 11.6 Å². The molecule has 0 aliphatic heterocycles. The van der Waals surface area contributed by atoms with Gasteiger partial charge in [0.2, 0.25) is 11.8 Å². The quantitative estimate of drug-likeness (QED) is 0.642. The standard InChI is InChI=1S/C18H19FN6O2S/c1-9-24-25-15(28-9)6-14-16(19)17(23-18(20)22-14)27-8-10-5-12(10)13-4-3-11(26-2)7-21-13/h3-4,7,10,12H,5-6,8H2,1-2H3,(H2,20,22,23)/t10-,12+/m1/s1. The molecule has 1 saturated carbocycles. The van der Waals surface area contributed by atoms with E-state index in [1.54, 1.807) is 13.3 Å². The van der Waals surface area contributed by atoms with Crippen LogP contribution in [0.1, 0.15) is 33.7 Å². The van der Waals surface area contributed by atoms with Gasteiger partial charge < -0.3 is 15.2 Å². The zero-order chi connectivity index (χ0) is 19.7. The fraction of sp³-hybridized carbons (Fsp3) is 0.389. The molecule has 2 N–H and O–H groups in total. The average molecular weight is 402 g/mol. The van der Waals surface area contributed by atoms with Crippen molar-refractivity contribution in [2.24, 2.45) is 5.92 Å². The lowest BCUT2D eigenvalue weighted by molar-refractivity contribution is 0.269. The lowest BCUT2D eigenvalue weighted by Crippen LogP contribution is -2.10. The van der Waals surface area contributed by atoms with Crippen molar-refractivity contribution in [2.75, 3.05) is 19.5 Å². The van der Waals surface area contributed by atoms with Crippen molar-refractivity contribution in [1.29, 1.82) is 0 Å². The summed E-state index contributed by atoms with van der Waals surface area (Å²) in [5.74, 6) is 0.493. The van der Waals surface area contributed by atoms with Gasteiger partial charge in [-0.25, -0.2) is 4.98 Å². The molecule has 1 aliphatic carbocycles. The Balaban J connectivity index is 1.41. The van der Waals surface area contributed by atoms with Crippen molar-refractivity contribution in [2.45, 2.75) is 25.7 Å². The molecule has 8 nitrogen and oxygen atoms in total. The second-order valence-electron chi connectivity index (χ2n) is 6.58. The van der Waals surface area contributed by atoms with Gasteiger partial charge in [0.1, 0.15) is 15.8 Å². The van der Waals surface area contributed by atoms with Gasteiger partial charge in [-0.1, -0.05) is 0 Å². The number of aromatic nitrogens is 5. The van der Waals surface area contributed by atoms with Gasteiger partial charge in [-0.05, 0) is 25.5 Å². The van der Waals surface area contributed by atoms with Crippen LogP contribution < -0.4 is 15.2 Å². The van der Waals surface area contributed by atoms with E-state index in [0.29, 0.717) is 17.4 Å². The SMILES string of the molecule is COc1ccc([C@H]2C[C@@H]2COc2nc(N)nc(Cc3nnc(C)s3)c2F)nc1. The second kappa shape index (κ2) is 7.63. The number of aryl methyl sites for hydroxylation is 1. The van der Waals surface area contributed by atoms with E-state index >= 15 is 0 Å². The Hall–Kier alpha value is -2.88. The summed E-state index contributed by atoms with van der Waals surface area (Å²) in [7, 11) is 1.60. The summed E-state index contributed by atoms with van der Waals surface area (Å²) in [4.78, 5) is 12.3. The number of nitrogens with zero attached hydrogens (tertiary/aromatic N) is 5. The predicted octanol–water partition coefficient (Wildman–Crippen LogP) is 2.53. The Morgan fingerprint density at radius 3 is 2.82 bits per heavy atom. The van der Waals surface area contributed by atoms with Gasteiger partial charge in [0.25, 0.3) is 5.88 Å². The zero-order valence-corrected chi connectivity index (χ0v) is 16.2. The van der Waals surface area contributed by atoms with Gasteiger partial charge in [-0.2, -0.15) is 9.37 Å². The number of nitrogen functional groups attached to an aromatic ring is 1. The number of halogens is 1. The predicted molar refractivity (Wildman–Crippen MR) is 101 cm³/mol. The van der Waals surface area contributed by atoms with E-state index in [-0.39, 0.29) is 35.8 Å². The first-order valence-corrected chi connectivity index (χ1v) is 9.58. The van der Waals surface area contributed by atoms with E-state index in [4.69, 9.17) is 15.2 Å². The van der Waals surface area contributed by atoms with Gasteiger partial charge in [0, 0.05) is 24.0 Å². The van der Waals surface area contributed by atoms with Crippen LogP contribution in [0.25, 0.3) is 0 Å². The van der Waals surface area contributed by atoms with Gasteiger partial charge >= 0.3 is 0 Å². The number of ether oxygens (including phenoxy) is 2. The zero-order valence-electron chi connectivity index (χ0n) is 15.4. The molecule has 3 aromatic heterocycles. The van der Waals surface area contributed by atoms with Crippen molar-refractivity contribution >= 4 is 17.3 Å². The van der Waals surface area contributed by atoms with Crippen molar-refractivity contribution < 1.29 is 13.9 Å². The van der Waals surface area contributed by atoms with Crippen LogP contribution in [0.5, 0.6) is 11.6 Å². The molecule has 4 rings (SSSR count). The number of methoxy groups -OCH3 is 1. The third kappa shape index (κ3) is 4.01. The fourth-order valence-electron chi connectivity index (χ4n) is 2.97. The summed E-state index contributed by atoms with van der Waals surface area (Å²) in [6, 6.07) is 3.82. The van der Waals surface area contributed by atoms with Crippen LogP contribution in [-0.4, -0.2) is 38.9 Å². The highest BCUT2D eigenvalue weighted by atomic mass is 32.1. The molecule has 1 aliphatic rings. The molecule has 0 aromatic carbocycles. The Morgan fingerprint density at radius 1 is 1.29 bits per heavy atom. The van der Waals surface area contributed by atoms with Crippen LogP contribution in [0.2, 0.25) is 0 Å². The summed E-state index contributed by atoms with van der Waals surface area (Å²) in [5, 5.41) is 9.39. The van der Waals surface area contributed by atoms with Crippen molar-refractivity contribution in [3.05, 3.63) is 45.5 Å². The van der Waals surface area contributed by atoms with Crippen molar-refractivity contribution in [1.82, 2.24) is 25.1 Å². The number of hydrogen-bond acceptors (Lipinski definition) is 9. The van der Waals surface area contributed by atoms with Crippen LogP contribution in [0.15, 0.2) is 18.3 Å². The molecule has 0 unspecified atom stereocenters. The minimum atomic E-state index is -0.609. The molecular weight excluding hydrogens is 383 g/mol. The molecule has 0 saturated heterocycles. The Labute approximate surface area is 165 Å². The van der Waals surface area contributed by atoms with Crippen LogP contribution in [0, 0.1) is 18.7 Å². The maximum absolute atomic E-state index is 14.7. The van der Waals surface area contributed by atoms with E-state index in [1.807, 2.05) is 19.1 Å². The number of pyridine rings is 1. The third-order valence-electron chi connectivity index (χ3n) is 4.52. The van der Waals surface area contributed by atoms with Crippen LogP contribution in [0.4, 0.5) is 10.3 Å². The minimum absolute atomic E-state index is 0.0307. The van der Waals surface area contributed by atoms with E-state index in [0.717, 1.165) is 17.1 Å². The number of anilines is 1. The molecule has 0 radical (unpaired) electrons. The molecule has 3 heterocycles. The first-order valence-electron chi connectivity index (χ1n) is 8.77. The van der Waals surface area contributed by atoms with E-state index < -0.39 is 5.82 Å². The lowest BCUT2D eigenvalue weighted by Gasteiger charge is -2.09. The molecule has 0 amide bonds. The highest BCUT2D eigenvalue weighted by Gasteiger charge is 2.40. The molecule has 28 heavy (non-hydrogen) atoms. The first kappa shape index (κ1) is 18.5. The summed E-state index contributed by atoms with van der Waals surface area (Å²) < 4.78 is 25.5. The first-order chi connectivity index (χ1) is 13.5. The maximum Gasteiger partial charge on any atom is 0.255 e. The normalized spacial score (nSPS) is 18.1.